The van der Waals surface area contributed by atoms with Gasteiger partial charge in [-0.05, 0) is 126 Å². The summed E-state index contributed by atoms with van der Waals surface area (Å²) in [6, 6.07) is 46.7. The summed E-state index contributed by atoms with van der Waals surface area (Å²) in [5.74, 6) is -1.53. The summed E-state index contributed by atoms with van der Waals surface area (Å²) < 4.78 is 10.4. The number of rotatable bonds is 14. The standard InChI is InChI=1S/C18H20O2.C17H18O2.C10H13Br.C8H7BO2.2H2O/c1-3-4-5-14-6-8-15(9-7-14)16-10-12-17(13-11-16)18(19)20-2;1-2-3-4-13-5-7-14(8-6-13)15-9-11-16(12-10-15)17(18)19;1-2-3-4-9-5-7-10(11)8-6-9;1-11-8(10)6-2-4-7(9)5-3-6;;/h6-13H,3-5H2,1-2H3;5-12H,2-4H2,1H3,(H,18,19);5-8H,2-4H2,1H3;2-5H,1H3;2*1H2. The molecule has 0 bridgehead atoms. The van der Waals surface area contributed by atoms with Crippen LogP contribution < -0.4 is 5.46 Å². The van der Waals surface area contributed by atoms with Crippen molar-refractivity contribution in [2.45, 2.75) is 78.6 Å². The highest BCUT2D eigenvalue weighted by Crippen LogP contribution is 2.23. The molecule has 0 saturated heterocycles. The Balaban J connectivity index is 0.000000430. The van der Waals surface area contributed by atoms with Gasteiger partial charge in [0.1, 0.15) is 7.85 Å². The lowest BCUT2D eigenvalue weighted by Gasteiger charge is -2.05. The van der Waals surface area contributed by atoms with Gasteiger partial charge in [0, 0.05) is 4.47 Å². The van der Waals surface area contributed by atoms with E-state index in [-0.39, 0.29) is 22.9 Å². The molecule has 0 unspecified atom stereocenters. The van der Waals surface area contributed by atoms with E-state index in [0.29, 0.717) is 22.2 Å². The molecule has 0 fully saturated rings. The number of methoxy groups -OCH3 is 2. The first-order chi connectivity index (χ1) is 29.5. The zero-order valence-electron chi connectivity index (χ0n) is 37.2. The molecule has 6 rings (SSSR count). The molecule has 0 atom stereocenters. The van der Waals surface area contributed by atoms with Crippen molar-refractivity contribution in [2.24, 2.45) is 0 Å². The first-order valence-electron chi connectivity index (χ1n) is 20.9. The summed E-state index contributed by atoms with van der Waals surface area (Å²) in [6.07, 6.45) is 10.9. The van der Waals surface area contributed by atoms with Crippen molar-refractivity contribution >= 4 is 47.1 Å². The maximum Gasteiger partial charge on any atom is 0.337 e. The summed E-state index contributed by atoms with van der Waals surface area (Å²) in [5, 5.41) is 8.87. The summed E-state index contributed by atoms with van der Waals surface area (Å²) in [6.45, 7) is 6.62. The number of esters is 2. The largest absolute Gasteiger partial charge is 0.478 e. The Morgan fingerprint density at radius 1 is 0.460 bits per heavy atom. The predicted octanol–water partition coefficient (Wildman–Crippen LogP) is 11.3. The zero-order chi connectivity index (χ0) is 44.4. The maximum atomic E-state index is 11.4. The number of hydrogen-bond donors (Lipinski definition) is 1. The van der Waals surface area contributed by atoms with Crippen molar-refractivity contribution in [1.82, 2.24) is 0 Å². The molecule has 0 aliphatic heterocycles. The van der Waals surface area contributed by atoms with Gasteiger partial charge in [-0.3, -0.25) is 0 Å². The highest BCUT2D eigenvalue weighted by molar-refractivity contribution is 9.10. The third kappa shape index (κ3) is 20.3. The van der Waals surface area contributed by atoms with Crippen LogP contribution in [0.2, 0.25) is 0 Å². The van der Waals surface area contributed by atoms with Gasteiger partial charge < -0.3 is 25.5 Å². The molecule has 5 N–H and O–H groups in total. The van der Waals surface area contributed by atoms with E-state index >= 15 is 0 Å². The van der Waals surface area contributed by atoms with Gasteiger partial charge in [-0.15, -0.1) is 0 Å². The average Bonchev–Trinajstić information content (AvgIpc) is 3.31. The SMILES string of the molecule is CCCCc1ccc(-c2ccc(C(=O)O)cc2)cc1.CCCCc1ccc(-c2ccc(C(=O)OC)cc2)cc1.CCCCc1ccc(Br)cc1.O.O.[B]c1ccc(C(=O)OC)cc1. The molecule has 8 nitrogen and oxygen atoms in total. The number of carbonyl (C=O) groups is 3. The van der Waals surface area contributed by atoms with Gasteiger partial charge in [0.2, 0.25) is 0 Å². The molecule has 332 valence electrons. The third-order valence-corrected chi connectivity index (χ3v) is 10.2. The van der Waals surface area contributed by atoms with Crippen molar-refractivity contribution in [2.75, 3.05) is 14.2 Å². The number of carboxylic acid groups (broad SMARTS) is 1. The molecule has 0 amide bonds. The van der Waals surface area contributed by atoms with Crippen molar-refractivity contribution in [3.8, 4) is 22.3 Å². The van der Waals surface area contributed by atoms with Crippen LogP contribution in [0.1, 0.15) is 107 Å². The van der Waals surface area contributed by atoms with Crippen LogP contribution in [0.5, 0.6) is 0 Å². The Labute approximate surface area is 383 Å². The fraction of sp³-hybridized carbons (Fsp3) is 0.264. The van der Waals surface area contributed by atoms with Crippen LogP contribution in [-0.2, 0) is 28.7 Å². The second-order valence-electron chi connectivity index (χ2n) is 14.4. The highest BCUT2D eigenvalue weighted by atomic mass is 79.9. The predicted molar refractivity (Wildman–Crippen MR) is 262 cm³/mol. The minimum absolute atomic E-state index is 0. The summed E-state index contributed by atoms with van der Waals surface area (Å²) in [7, 11) is 8.16. The Morgan fingerprint density at radius 2 is 0.730 bits per heavy atom. The molecule has 6 aromatic carbocycles. The van der Waals surface area contributed by atoms with Gasteiger partial charge in [-0.25, -0.2) is 14.4 Å². The third-order valence-electron chi connectivity index (χ3n) is 9.71. The van der Waals surface area contributed by atoms with Gasteiger partial charge in [0.25, 0.3) is 0 Å². The number of carbonyl (C=O) groups excluding carboxylic acids is 2. The van der Waals surface area contributed by atoms with E-state index in [1.54, 1.807) is 48.5 Å². The quantitative estimate of drug-likeness (QED) is 0.0848. The normalized spacial score (nSPS) is 9.75. The summed E-state index contributed by atoms with van der Waals surface area (Å²) in [4.78, 5) is 33.0. The van der Waals surface area contributed by atoms with Gasteiger partial charge in [-0.2, -0.15) is 0 Å². The minimum atomic E-state index is -0.888. The first kappa shape index (κ1) is 55.2. The van der Waals surface area contributed by atoms with Crippen molar-refractivity contribution in [1.29, 1.82) is 0 Å². The Kier molecular flexibility index (Phi) is 27.3. The van der Waals surface area contributed by atoms with E-state index in [0.717, 1.165) is 34.0 Å². The van der Waals surface area contributed by atoms with E-state index in [9.17, 15) is 14.4 Å². The number of ether oxygens (including phenoxy) is 2. The molecular weight excluding hydrogens is 855 g/mol. The fourth-order valence-corrected chi connectivity index (χ4v) is 6.24. The van der Waals surface area contributed by atoms with Crippen molar-refractivity contribution in [3.63, 3.8) is 0 Å². The number of aryl methyl sites for hydroxylation is 3. The second kappa shape index (κ2) is 31.1. The van der Waals surface area contributed by atoms with Crippen LogP contribution in [0.15, 0.2) is 150 Å². The molecule has 0 aliphatic carbocycles. The maximum absolute atomic E-state index is 11.4. The molecule has 0 spiro atoms. The van der Waals surface area contributed by atoms with E-state index in [1.807, 2.05) is 24.3 Å². The monoisotopic (exact) mass is 916 g/mol. The molecule has 2 radical (unpaired) electrons. The molecule has 0 heterocycles. The number of unbranched alkanes of at least 4 members (excludes halogenated alkanes) is 3. The minimum Gasteiger partial charge on any atom is -0.478 e. The summed E-state index contributed by atoms with van der Waals surface area (Å²) in [5.41, 5.74) is 10.7. The second-order valence-corrected chi connectivity index (χ2v) is 15.3. The molecule has 0 saturated carbocycles. The van der Waals surface area contributed by atoms with Crippen LogP contribution >= 0.6 is 15.9 Å². The lowest BCUT2D eigenvalue weighted by Crippen LogP contribution is -2.05. The smallest absolute Gasteiger partial charge is 0.337 e. The zero-order valence-corrected chi connectivity index (χ0v) is 38.8. The van der Waals surface area contributed by atoms with Crippen molar-refractivity contribution in [3.05, 3.63) is 183 Å². The Bertz CT molecular complexity index is 2170. The Morgan fingerprint density at radius 3 is 1.02 bits per heavy atom. The number of hydrogen-bond acceptors (Lipinski definition) is 5. The summed E-state index contributed by atoms with van der Waals surface area (Å²) >= 11 is 3.41. The van der Waals surface area contributed by atoms with Crippen LogP contribution in [0.3, 0.4) is 0 Å². The first-order valence-corrected chi connectivity index (χ1v) is 21.7. The van der Waals surface area contributed by atoms with Gasteiger partial charge in [0.05, 0.1) is 30.9 Å². The van der Waals surface area contributed by atoms with Crippen LogP contribution in [-0.4, -0.2) is 56.0 Å². The van der Waals surface area contributed by atoms with E-state index in [2.05, 4.69) is 114 Å². The molecule has 0 aliphatic rings. The van der Waals surface area contributed by atoms with Gasteiger partial charge in [0.15, 0.2) is 0 Å². The topological polar surface area (TPSA) is 153 Å². The van der Waals surface area contributed by atoms with E-state index in [1.165, 1.54) is 81.4 Å². The molecule has 63 heavy (non-hydrogen) atoms. The number of aromatic carboxylic acids is 1. The van der Waals surface area contributed by atoms with E-state index < -0.39 is 5.97 Å². The number of halogens is 1. The van der Waals surface area contributed by atoms with Gasteiger partial charge >= 0.3 is 17.9 Å². The van der Waals surface area contributed by atoms with Gasteiger partial charge in [-0.1, -0.05) is 158 Å². The van der Waals surface area contributed by atoms with Crippen LogP contribution in [0, 0.1) is 0 Å². The lowest BCUT2D eigenvalue weighted by molar-refractivity contribution is 0.0592. The van der Waals surface area contributed by atoms with Crippen molar-refractivity contribution < 1.29 is 39.9 Å². The molecule has 6 aromatic rings. The highest BCUT2D eigenvalue weighted by Gasteiger charge is 2.06. The lowest BCUT2D eigenvalue weighted by atomic mass is 9.95. The molecule has 0 aromatic heterocycles. The van der Waals surface area contributed by atoms with E-state index in [4.69, 9.17) is 17.7 Å². The number of carboxylic acids is 1. The molecule has 10 heteroatoms. The fourth-order valence-electron chi connectivity index (χ4n) is 5.98. The average molecular weight is 918 g/mol. The van der Waals surface area contributed by atoms with Crippen LogP contribution in [0.25, 0.3) is 22.3 Å². The van der Waals surface area contributed by atoms with Crippen LogP contribution in [0.4, 0.5) is 0 Å². The number of benzene rings is 6. The Hall–Kier alpha value is -5.81. The molecular formula is C53H62BBrO8.